The third-order valence-corrected chi connectivity index (χ3v) is 4.08. The number of hydrogen-bond donors (Lipinski definition) is 0. The molecule has 0 aromatic heterocycles. The fraction of sp³-hybridized carbons (Fsp3) is 0.533. The van der Waals surface area contributed by atoms with Gasteiger partial charge in [-0.1, -0.05) is 35.8 Å². The second-order valence-electron chi connectivity index (χ2n) is 5.55. The molecule has 98 valence electrons. The summed E-state index contributed by atoms with van der Waals surface area (Å²) in [6, 6.07) is 6.34. The van der Waals surface area contributed by atoms with Crippen LogP contribution in [-0.2, 0) is 0 Å². The number of rotatable bonds is 4. The molecule has 2 rings (SSSR count). The normalized spacial score (nSPS) is 14.9. The molecule has 1 aromatic rings. The van der Waals surface area contributed by atoms with Crippen LogP contribution in [-0.4, -0.2) is 23.4 Å². The van der Waals surface area contributed by atoms with Crippen LogP contribution in [0.25, 0.3) is 0 Å². The standard InChI is InChI=1S/C15H20BrNO/c1-10(2)9-17(13-6-7-13)15(18)12-5-4-11(3)14(16)8-12/h4-5,8,10,13H,6-7,9H2,1-3H3. The summed E-state index contributed by atoms with van der Waals surface area (Å²) in [5, 5.41) is 0. The summed E-state index contributed by atoms with van der Waals surface area (Å²) >= 11 is 3.50. The second kappa shape index (κ2) is 5.43. The van der Waals surface area contributed by atoms with Gasteiger partial charge in [-0.05, 0) is 43.4 Å². The van der Waals surface area contributed by atoms with E-state index in [-0.39, 0.29) is 5.91 Å². The highest BCUT2D eigenvalue weighted by atomic mass is 79.9. The number of halogens is 1. The summed E-state index contributed by atoms with van der Waals surface area (Å²) in [5.74, 6) is 0.690. The van der Waals surface area contributed by atoms with Crippen molar-refractivity contribution in [3.8, 4) is 0 Å². The Kier molecular flexibility index (Phi) is 4.10. The maximum absolute atomic E-state index is 12.5. The van der Waals surface area contributed by atoms with E-state index in [2.05, 4.69) is 29.8 Å². The topological polar surface area (TPSA) is 20.3 Å². The zero-order valence-electron chi connectivity index (χ0n) is 11.2. The van der Waals surface area contributed by atoms with Crippen LogP contribution in [0, 0.1) is 12.8 Å². The minimum atomic E-state index is 0.173. The molecule has 0 saturated heterocycles. The summed E-state index contributed by atoms with van der Waals surface area (Å²) in [6.07, 6.45) is 2.32. The van der Waals surface area contributed by atoms with Gasteiger partial charge in [0.2, 0.25) is 0 Å². The smallest absolute Gasteiger partial charge is 0.254 e. The first-order chi connectivity index (χ1) is 8.49. The highest BCUT2D eigenvalue weighted by Crippen LogP contribution is 2.29. The maximum Gasteiger partial charge on any atom is 0.254 e. The van der Waals surface area contributed by atoms with Crippen molar-refractivity contribution >= 4 is 21.8 Å². The predicted octanol–water partition coefficient (Wildman–Crippen LogP) is 4.02. The van der Waals surface area contributed by atoms with Gasteiger partial charge in [0.25, 0.3) is 5.91 Å². The summed E-state index contributed by atoms with van der Waals surface area (Å²) in [5.41, 5.74) is 1.95. The van der Waals surface area contributed by atoms with Crippen LogP contribution in [0.2, 0.25) is 0 Å². The van der Waals surface area contributed by atoms with E-state index in [1.807, 2.05) is 30.0 Å². The van der Waals surface area contributed by atoms with Gasteiger partial charge in [0.05, 0.1) is 0 Å². The molecule has 0 unspecified atom stereocenters. The van der Waals surface area contributed by atoms with E-state index in [1.54, 1.807) is 0 Å². The Morgan fingerprint density at radius 1 is 1.44 bits per heavy atom. The molecule has 0 radical (unpaired) electrons. The zero-order chi connectivity index (χ0) is 13.3. The van der Waals surface area contributed by atoms with Gasteiger partial charge >= 0.3 is 0 Å². The van der Waals surface area contributed by atoms with Crippen molar-refractivity contribution in [3.05, 3.63) is 33.8 Å². The average Bonchev–Trinajstić information content (AvgIpc) is 3.12. The molecule has 0 aliphatic heterocycles. The zero-order valence-corrected chi connectivity index (χ0v) is 12.8. The first kappa shape index (κ1) is 13.6. The van der Waals surface area contributed by atoms with E-state index in [9.17, 15) is 4.79 Å². The molecule has 0 N–H and O–H groups in total. The number of benzene rings is 1. The predicted molar refractivity (Wildman–Crippen MR) is 77.8 cm³/mol. The number of hydrogen-bond acceptors (Lipinski definition) is 1. The molecule has 1 saturated carbocycles. The van der Waals surface area contributed by atoms with Crippen LogP contribution in [0.3, 0.4) is 0 Å². The first-order valence-electron chi connectivity index (χ1n) is 6.56. The van der Waals surface area contributed by atoms with E-state index in [1.165, 1.54) is 0 Å². The van der Waals surface area contributed by atoms with Crippen molar-refractivity contribution in [2.45, 2.75) is 39.7 Å². The maximum atomic E-state index is 12.5. The van der Waals surface area contributed by atoms with E-state index in [4.69, 9.17) is 0 Å². The van der Waals surface area contributed by atoms with E-state index in [0.29, 0.717) is 12.0 Å². The Bertz CT molecular complexity index is 452. The lowest BCUT2D eigenvalue weighted by molar-refractivity contribution is 0.0722. The van der Waals surface area contributed by atoms with Crippen LogP contribution >= 0.6 is 15.9 Å². The summed E-state index contributed by atoms with van der Waals surface area (Å²) < 4.78 is 1.01. The van der Waals surface area contributed by atoms with Crippen molar-refractivity contribution in [2.75, 3.05) is 6.54 Å². The van der Waals surface area contributed by atoms with Gasteiger partial charge in [-0.15, -0.1) is 0 Å². The fourth-order valence-corrected chi connectivity index (χ4v) is 2.45. The number of amides is 1. The van der Waals surface area contributed by atoms with Crippen molar-refractivity contribution in [1.29, 1.82) is 0 Å². The van der Waals surface area contributed by atoms with Crippen molar-refractivity contribution in [1.82, 2.24) is 4.90 Å². The Labute approximate surface area is 117 Å². The molecular weight excluding hydrogens is 290 g/mol. The minimum absolute atomic E-state index is 0.173. The third kappa shape index (κ3) is 3.14. The number of nitrogens with zero attached hydrogens (tertiary/aromatic N) is 1. The Morgan fingerprint density at radius 3 is 2.61 bits per heavy atom. The molecule has 1 aliphatic rings. The Hall–Kier alpha value is -0.830. The lowest BCUT2D eigenvalue weighted by Crippen LogP contribution is -2.36. The van der Waals surface area contributed by atoms with Gasteiger partial charge < -0.3 is 4.90 Å². The van der Waals surface area contributed by atoms with Gasteiger partial charge in [-0.2, -0.15) is 0 Å². The first-order valence-corrected chi connectivity index (χ1v) is 7.35. The van der Waals surface area contributed by atoms with Crippen LogP contribution in [0.1, 0.15) is 42.6 Å². The quantitative estimate of drug-likeness (QED) is 0.822. The minimum Gasteiger partial charge on any atom is -0.335 e. The van der Waals surface area contributed by atoms with Crippen LogP contribution in [0.5, 0.6) is 0 Å². The number of carbonyl (C=O) groups is 1. The SMILES string of the molecule is Cc1ccc(C(=O)N(CC(C)C)C2CC2)cc1Br. The second-order valence-corrected chi connectivity index (χ2v) is 6.40. The van der Waals surface area contributed by atoms with Crippen LogP contribution in [0.15, 0.2) is 22.7 Å². The third-order valence-electron chi connectivity index (χ3n) is 3.23. The van der Waals surface area contributed by atoms with Gasteiger partial charge in [0, 0.05) is 22.6 Å². The van der Waals surface area contributed by atoms with Crippen LogP contribution in [0.4, 0.5) is 0 Å². The van der Waals surface area contributed by atoms with Crippen molar-refractivity contribution in [2.24, 2.45) is 5.92 Å². The molecule has 1 aromatic carbocycles. The molecule has 2 nitrogen and oxygen atoms in total. The van der Waals surface area contributed by atoms with Gasteiger partial charge in [-0.3, -0.25) is 4.79 Å². The molecule has 1 amide bonds. The van der Waals surface area contributed by atoms with E-state index in [0.717, 1.165) is 35.0 Å². The largest absolute Gasteiger partial charge is 0.335 e. The molecule has 0 bridgehead atoms. The van der Waals surface area contributed by atoms with Gasteiger partial charge in [-0.25, -0.2) is 0 Å². The average molecular weight is 310 g/mol. The molecule has 0 atom stereocenters. The van der Waals surface area contributed by atoms with Crippen LogP contribution < -0.4 is 0 Å². The molecule has 0 heterocycles. The van der Waals surface area contributed by atoms with E-state index >= 15 is 0 Å². The highest BCUT2D eigenvalue weighted by Gasteiger charge is 2.33. The molecule has 18 heavy (non-hydrogen) atoms. The summed E-state index contributed by atoms with van der Waals surface area (Å²) in [4.78, 5) is 14.6. The van der Waals surface area contributed by atoms with Gasteiger partial charge in [0.1, 0.15) is 0 Å². The Balaban J connectivity index is 2.19. The Morgan fingerprint density at radius 2 is 2.11 bits per heavy atom. The molecular formula is C15H20BrNO. The summed E-state index contributed by atoms with van der Waals surface area (Å²) in [6.45, 7) is 7.21. The fourth-order valence-electron chi connectivity index (χ4n) is 2.07. The van der Waals surface area contributed by atoms with E-state index < -0.39 is 0 Å². The van der Waals surface area contributed by atoms with Crippen molar-refractivity contribution in [3.63, 3.8) is 0 Å². The lowest BCUT2D eigenvalue weighted by atomic mass is 10.1. The molecule has 1 fully saturated rings. The lowest BCUT2D eigenvalue weighted by Gasteiger charge is -2.24. The molecule has 1 aliphatic carbocycles. The monoisotopic (exact) mass is 309 g/mol. The van der Waals surface area contributed by atoms with Crippen molar-refractivity contribution < 1.29 is 4.79 Å². The highest BCUT2D eigenvalue weighted by molar-refractivity contribution is 9.10. The summed E-state index contributed by atoms with van der Waals surface area (Å²) in [7, 11) is 0. The molecule has 0 spiro atoms. The number of carbonyl (C=O) groups excluding carboxylic acids is 1. The number of aryl methyl sites for hydroxylation is 1. The van der Waals surface area contributed by atoms with Gasteiger partial charge in [0.15, 0.2) is 0 Å². The molecule has 3 heteroatoms.